The first-order valence-corrected chi connectivity index (χ1v) is 22.7. The monoisotopic (exact) mass is 818 g/mol. The SMILES string of the molecule is COS(=O)Cl.Cc1cc(C)c(C2=C(O)C3(CCC(C)CC3)NC2=O)c(C)c1C.Cc1cc(C)c(C2=C(OS(C)(=O)=O)C3(CCC(C)CC3)NC2=O)c(C)c1C. The summed E-state index contributed by atoms with van der Waals surface area (Å²) in [6.45, 7) is 20.7. The van der Waals surface area contributed by atoms with Crippen molar-refractivity contribution in [1.82, 2.24) is 10.6 Å². The van der Waals surface area contributed by atoms with E-state index in [1.54, 1.807) is 0 Å². The fourth-order valence-electron chi connectivity index (χ4n) is 8.66. The second kappa shape index (κ2) is 17.1. The number of nitrogens with one attached hydrogen (secondary N) is 2. The molecule has 2 saturated carbocycles. The first-order valence-electron chi connectivity index (χ1n) is 19.0. The fourth-order valence-corrected chi connectivity index (χ4v) is 9.20. The number of carbonyl (C=O) groups excluding carboxylic acids is 2. The van der Waals surface area contributed by atoms with Crippen LogP contribution < -0.4 is 10.6 Å². The predicted octanol–water partition coefficient (Wildman–Crippen LogP) is 8.40. The maximum atomic E-state index is 13.1. The molecule has 13 heteroatoms. The van der Waals surface area contributed by atoms with Crippen molar-refractivity contribution < 1.29 is 35.7 Å². The van der Waals surface area contributed by atoms with E-state index in [9.17, 15) is 27.3 Å². The van der Waals surface area contributed by atoms with E-state index in [1.807, 2.05) is 47.6 Å². The Hall–Kier alpha value is -3.19. The smallest absolute Gasteiger partial charge is 0.306 e. The third-order valence-corrected chi connectivity index (χ3v) is 13.5. The lowest BCUT2D eigenvalue weighted by atomic mass is 9.76. The van der Waals surface area contributed by atoms with Crippen LogP contribution >= 0.6 is 10.7 Å². The van der Waals surface area contributed by atoms with Gasteiger partial charge in [0.05, 0.1) is 30.1 Å². The van der Waals surface area contributed by atoms with Crippen molar-refractivity contribution in [3.05, 3.63) is 79.3 Å². The highest BCUT2D eigenvalue weighted by atomic mass is 35.7. The van der Waals surface area contributed by atoms with Crippen LogP contribution in [0.25, 0.3) is 11.1 Å². The number of aliphatic hydroxyl groups excluding tert-OH is 1. The summed E-state index contributed by atoms with van der Waals surface area (Å²) in [5.41, 5.74) is 10.1. The highest BCUT2D eigenvalue weighted by Crippen LogP contribution is 2.47. The molecule has 3 N–H and O–H groups in total. The first kappa shape index (κ1) is 44.5. The van der Waals surface area contributed by atoms with Crippen molar-refractivity contribution in [3.63, 3.8) is 0 Å². The zero-order valence-electron chi connectivity index (χ0n) is 34.5. The van der Waals surface area contributed by atoms with Crippen molar-refractivity contribution >= 4 is 54.1 Å². The van der Waals surface area contributed by atoms with Crippen LogP contribution in [0.5, 0.6) is 0 Å². The maximum Gasteiger partial charge on any atom is 0.306 e. The zero-order chi connectivity index (χ0) is 41.4. The molecule has 6 rings (SSSR count). The number of benzene rings is 2. The Labute approximate surface area is 335 Å². The van der Waals surface area contributed by atoms with E-state index in [-0.39, 0.29) is 23.3 Å². The summed E-state index contributed by atoms with van der Waals surface area (Å²) in [7, 11) is 0.624. The summed E-state index contributed by atoms with van der Waals surface area (Å²) in [6.07, 6.45) is 8.03. The van der Waals surface area contributed by atoms with E-state index < -0.39 is 31.5 Å². The minimum absolute atomic E-state index is 0.119. The van der Waals surface area contributed by atoms with Gasteiger partial charge in [0.25, 0.3) is 22.1 Å². The Morgan fingerprint density at radius 1 is 0.709 bits per heavy atom. The van der Waals surface area contributed by atoms with Gasteiger partial charge in [-0.25, -0.2) is 4.21 Å². The van der Waals surface area contributed by atoms with Crippen LogP contribution in [0.1, 0.15) is 121 Å². The van der Waals surface area contributed by atoms with E-state index in [2.05, 4.69) is 48.6 Å². The molecule has 0 saturated heterocycles. The largest absolute Gasteiger partial charge is 0.509 e. The molecule has 4 aliphatic rings. The lowest BCUT2D eigenvalue weighted by Crippen LogP contribution is -2.47. The van der Waals surface area contributed by atoms with Crippen molar-refractivity contribution in [2.24, 2.45) is 11.8 Å². The third kappa shape index (κ3) is 9.35. The lowest BCUT2D eigenvalue weighted by molar-refractivity contribution is -0.117. The van der Waals surface area contributed by atoms with Gasteiger partial charge in [-0.3, -0.25) is 13.8 Å². The third-order valence-electron chi connectivity index (χ3n) is 12.3. The molecule has 2 amide bonds. The van der Waals surface area contributed by atoms with Crippen LogP contribution in [0.2, 0.25) is 0 Å². The van der Waals surface area contributed by atoms with Crippen LogP contribution in [-0.2, 0) is 38.4 Å². The molecule has 1 unspecified atom stereocenters. The average molecular weight is 820 g/mol. The quantitative estimate of drug-likeness (QED) is 0.201. The molecule has 0 aromatic heterocycles. The van der Waals surface area contributed by atoms with E-state index in [0.717, 1.165) is 89.3 Å². The summed E-state index contributed by atoms with van der Waals surface area (Å²) < 4.78 is 43.1. The molecule has 0 bridgehead atoms. The molecule has 2 aromatic carbocycles. The highest BCUT2D eigenvalue weighted by Gasteiger charge is 2.51. The summed E-state index contributed by atoms with van der Waals surface area (Å²) in [6, 6.07) is 4.16. The molecule has 2 fully saturated rings. The van der Waals surface area contributed by atoms with E-state index in [0.29, 0.717) is 35.8 Å². The Kier molecular flexibility index (Phi) is 13.9. The number of halogens is 1. The molecular formula is C42H59ClN2O8S2. The molecular weight excluding hydrogens is 760 g/mol. The summed E-state index contributed by atoms with van der Waals surface area (Å²) in [5, 5.41) is 17.2. The van der Waals surface area contributed by atoms with Crippen LogP contribution in [0.15, 0.2) is 23.7 Å². The zero-order valence-corrected chi connectivity index (χ0v) is 36.9. The minimum atomic E-state index is -3.75. The molecule has 2 heterocycles. The molecule has 0 radical (unpaired) electrons. The van der Waals surface area contributed by atoms with Crippen LogP contribution in [-0.4, -0.2) is 54.0 Å². The molecule has 2 aromatic rings. The second-order valence-electron chi connectivity index (χ2n) is 16.3. The van der Waals surface area contributed by atoms with Crippen LogP contribution in [0.4, 0.5) is 0 Å². The van der Waals surface area contributed by atoms with E-state index >= 15 is 0 Å². The summed E-state index contributed by atoms with van der Waals surface area (Å²) in [5.74, 6) is 1.42. The number of hydrogen-bond donors (Lipinski definition) is 3. The van der Waals surface area contributed by atoms with Gasteiger partial charge in [0.15, 0.2) is 5.76 Å². The molecule has 1 atom stereocenters. The van der Waals surface area contributed by atoms with Crippen molar-refractivity contribution in [2.45, 2.75) is 132 Å². The number of hydrogen-bond acceptors (Lipinski definition) is 8. The molecule has 2 aliphatic heterocycles. The second-order valence-corrected chi connectivity index (χ2v) is 19.3. The average Bonchev–Trinajstić information content (AvgIpc) is 3.49. The van der Waals surface area contributed by atoms with Gasteiger partial charge in [-0.05, 0) is 174 Å². The molecule has 10 nitrogen and oxygen atoms in total. The number of aryl methyl sites for hydroxylation is 4. The number of carbonyl (C=O) groups is 2. The minimum Gasteiger partial charge on any atom is -0.509 e. The van der Waals surface area contributed by atoms with Gasteiger partial charge in [0.1, 0.15) is 11.3 Å². The highest BCUT2D eigenvalue weighted by molar-refractivity contribution is 8.04. The van der Waals surface area contributed by atoms with Crippen molar-refractivity contribution in [2.75, 3.05) is 13.4 Å². The standard InChI is InChI=1S/C21H29NO4S.C20H27NO2.CH3ClO2S/c1-12-7-9-21(10-8-12)19(26-27(6,24)25)18(20(23)22-21)17-14(3)11-13(2)15(4)16(17)5;1-11-6-8-20(9-7-11)18(22)17(19(23)21-20)16-13(3)10-12(2)14(4)15(16)5;1-4-5(2)3/h11-12H,7-10H2,1-6H3,(H,22,23);10-11,22H,6-9H2,1-5H3,(H,21,23);1H3. The Balaban J connectivity index is 0.000000220. The van der Waals surface area contributed by atoms with Gasteiger partial charge in [-0.2, -0.15) is 8.42 Å². The number of amides is 2. The normalized spacial score (nSPS) is 25.6. The number of rotatable bonds is 5. The fraction of sp³-hybridized carbons (Fsp3) is 0.571. The maximum absolute atomic E-state index is 13.1. The van der Waals surface area contributed by atoms with Gasteiger partial charge in [-0.1, -0.05) is 26.0 Å². The molecule has 2 aliphatic carbocycles. The Morgan fingerprint density at radius 3 is 1.47 bits per heavy atom. The first-order chi connectivity index (χ1) is 25.5. The van der Waals surface area contributed by atoms with E-state index in [4.69, 9.17) is 14.9 Å². The van der Waals surface area contributed by atoms with Gasteiger partial charge < -0.3 is 19.9 Å². The van der Waals surface area contributed by atoms with Crippen LogP contribution in [0, 0.1) is 67.2 Å². The lowest BCUT2D eigenvalue weighted by Gasteiger charge is -2.37. The van der Waals surface area contributed by atoms with Crippen molar-refractivity contribution in [1.29, 1.82) is 0 Å². The summed E-state index contributed by atoms with van der Waals surface area (Å²) >= 11 is 0. The topological polar surface area (TPSA) is 148 Å². The van der Waals surface area contributed by atoms with Gasteiger partial charge >= 0.3 is 10.1 Å². The predicted molar refractivity (Wildman–Crippen MR) is 221 cm³/mol. The molecule has 55 heavy (non-hydrogen) atoms. The van der Waals surface area contributed by atoms with Crippen LogP contribution in [0.3, 0.4) is 0 Å². The molecule has 2 spiro atoms. The number of aliphatic hydroxyl groups is 1. The van der Waals surface area contributed by atoms with Gasteiger partial charge in [-0.15, -0.1) is 0 Å². The van der Waals surface area contributed by atoms with Gasteiger partial charge in [0.2, 0.25) is 0 Å². The Morgan fingerprint density at radius 2 is 1.07 bits per heavy atom. The van der Waals surface area contributed by atoms with E-state index in [1.165, 1.54) is 18.2 Å². The van der Waals surface area contributed by atoms with Gasteiger partial charge in [0, 0.05) is 10.7 Å². The Bertz CT molecular complexity index is 2050. The summed E-state index contributed by atoms with van der Waals surface area (Å²) in [4.78, 5) is 25.8. The van der Waals surface area contributed by atoms with Crippen molar-refractivity contribution in [3.8, 4) is 0 Å². The molecule has 304 valence electrons.